The van der Waals surface area contributed by atoms with Crippen LogP contribution in [0.15, 0.2) is 4.52 Å². The molecule has 0 aliphatic heterocycles. The molecule has 5 nitrogen and oxygen atoms in total. The third-order valence-electron chi connectivity index (χ3n) is 4.44. The highest BCUT2D eigenvalue weighted by molar-refractivity contribution is 5.85. The van der Waals surface area contributed by atoms with Crippen molar-refractivity contribution in [2.45, 2.75) is 76.0 Å². The van der Waals surface area contributed by atoms with E-state index in [0.717, 1.165) is 38.5 Å². The molecule has 0 bridgehead atoms. The summed E-state index contributed by atoms with van der Waals surface area (Å²) in [6.45, 7) is 2.09. The van der Waals surface area contributed by atoms with Crippen LogP contribution in [-0.4, -0.2) is 16.2 Å². The van der Waals surface area contributed by atoms with E-state index >= 15 is 0 Å². The number of nitrogens with two attached hydrogens (primary N) is 1. The topological polar surface area (TPSA) is 74.2 Å². The van der Waals surface area contributed by atoms with Gasteiger partial charge in [-0.05, 0) is 38.5 Å². The van der Waals surface area contributed by atoms with Crippen molar-refractivity contribution in [1.29, 1.82) is 0 Å². The summed E-state index contributed by atoms with van der Waals surface area (Å²) in [6, 6.07) is 0. The minimum absolute atomic E-state index is 0. The number of hydrogen-bond acceptors (Lipinski definition) is 5. The number of aromatic nitrogens is 2. The van der Waals surface area contributed by atoms with Crippen LogP contribution in [-0.2, 0) is 10.3 Å². The zero-order chi connectivity index (χ0) is 13.3. The predicted octanol–water partition coefficient (Wildman–Crippen LogP) is 3.24. The molecule has 6 heteroatoms. The van der Waals surface area contributed by atoms with Gasteiger partial charge in [-0.15, -0.1) is 12.4 Å². The molecule has 0 spiro atoms. The van der Waals surface area contributed by atoms with Gasteiger partial charge in [0.15, 0.2) is 5.82 Å². The molecule has 1 unspecified atom stereocenters. The highest BCUT2D eigenvalue weighted by Crippen LogP contribution is 2.38. The summed E-state index contributed by atoms with van der Waals surface area (Å²) in [7, 11) is 0. The highest BCUT2D eigenvalue weighted by atomic mass is 35.5. The molecule has 0 aromatic carbocycles. The summed E-state index contributed by atoms with van der Waals surface area (Å²) < 4.78 is 11.5. The first kappa shape index (κ1) is 15.7. The maximum atomic E-state index is 6.22. The number of rotatable bonds is 5. The van der Waals surface area contributed by atoms with Gasteiger partial charge in [-0.2, -0.15) is 4.98 Å². The second kappa shape index (κ2) is 6.41. The fourth-order valence-electron chi connectivity index (χ4n) is 2.94. The average molecular weight is 302 g/mol. The second-order valence-electron chi connectivity index (χ2n) is 5.91. The lowest BCUT2D eigenvalue weighted by Gasteiger charge is -2.34. The van der Waals surface area contributed by atoms with Gasteiger partial charge in [0.1, 0.15) is 6.10 Å². The van der Waals surface area contributed by atoms with E-state index < -0.39 is 0 Å². The number of halogens is 1. The number of hydrogen-bond donors (Lipinski definition) is 1. The highest BCUT2D eigenvalue weighted by Gasteiger charge is 2.39. The Morgan fingerprint density at radius 2 is 2.05 bits per heavy atom. The minimum Gasteiger partial charge on any atom is -0.365 e. The van der Waals surface area contributed by atoms with Crippen molar-refractivity contribution in [3.63, 3.8) is 0 Å². The first-order valence-corrected chi connectivity index (χ1v) is 7.50. The van der Waals surface area contributed by atoms with E-state index in [1.165, 1.54) is 12.8 Å². The van der Waals surface area contributed by atoms with Crippen LogP contribution in [0.1, 0.15) is 76.1 Å². The lowest BCUT2D eigenvalue weighted by molar-refractivity contribution is -0.0275. The molecule has 0 amide bonds. The van der Waals surface area contributed by atoms with Crippen molar-refractivity contribution in [1.82, 2.24) is 10.1 Å². The third kappa shape index (κ3) is 3.00. The van der Waals surface area contributed by atoms with Crippen LogP contribution < -0.4 is 5.73 Å². The lowest BCUT2D eigenvalue weighted by Crippen LogP contribution is -2.44. The zero-order valence-electron chi connectivity index (χ0n) is 12.0. The maximum absolute atomic E-state index is 6.22. The van der Waals surface area contributed by atoms with Crippen molar-refractivity contribution in [2.24, 2.45) is 5.73 Å². The van der Waals surface area contributed by atoms with Gasteiger partial charge in [-0.25, -0.2) is 0 Å². The maximum Gasteiger partial charge on any atom is 0.255 e. The van der Waals surface area contributed by atoms with Crippen molar-refractivity contribution < 1.29 is 9.26 Å². The summed E-state index contributed by atoms with van der Waals surface area (Å²) in [4.78, 5) is 4.49. The van der Waals surface area contributed by atoms with E-state index in [1.807, 2.05) is 0 Å². The summed E-state index contributed by atoms with van der Waals surface area (Å²) >= 11 is 0. The fraction of sp³-hybridized carbons (Fsp3) is 0.857. The van der Waals surface area contributed by atoms with E-state index in [9.17, 15) is 0 Å². The molecular formula is C14H24ClN3O2. The Bertz CT molecular complexity index is 428. The molecule has 20 heavy (non-hydrogen) atoms. The molecule has 114 valence electrons. The molecule has 3 rings (SSSR count). The standard InChI is InChI=1S/C14H23N3O2.ClH/c1-2-11(18-10-6-3-4-7-10)12-16-13(17-19-12)14(15)8-5-9-14;/h10-11H,2-9,15H2,1H3;1H. The Morgan fingerprint density at radius 1 is 1.35 bits per heavy atom. The predicted molar refractivity (Wildman–Crippen MR) is 77.6 cm³/mol. The fourth-order valence-corrected chi connectivity index (χ4v) is 2.94. The van der Waals surface area contributed by atoms with Gasteiger partial charge in [0.2, 0.25) is 0 Å². The average Bonchev–Trinajstić information content (AvgIpc) is 3.04. The first-order chi connectivity index (χ1) is 9.21. The van der Waals surface area contributed by atoms with E-state index in [-0.39, 0.29) is 24.0 Å². The van der Waals surface area contributed by atoms with Gasteiger partial charge in [0.25, 0.3) is 5.89 Å². The van der Waals surface area contributed by atoms with Crippen LogP contribution in [0, 0.1) is 0 Å². The Kier molecular flexibility index (Phi) is 5.04. The largest absolute Gasteiger partial charge is 0.365 e. The van der Waals surface area contributed by atoms with Crippen molar-refractivity contribution in [3.8, 4) is 0 Å². The summed E-state index contributed by atoms with van der Waals surface area (Å²) in [6.07, 6.45) is 9.02. The molecule has 2 aliphatic carbocycles. The molecule has 2 fully saturated rings. The van der Waals surface area contributed by atoms with Crippen LogP contribution in [0.4, 0.5) is 0 Å². The molecule has 2 aliphatic rings. The SMILES string of the molecule is CCC(OC1CCCC1)c1nc(C2(N)CCC2)no1.Cl. The Labute approximate surface area is 126 Å². The summed E-state index contributed by atoms with van der Waals surface area (Å²) in [5.74, 6) is 1.25. The molecule has 1 aromatic rings. The van der Waals surface area contributed by atoms with Crippen molar-refractivity contribution in [2.75, 3.05) is 0 Å². The number of ether oxygens (including phenoxy) is 1. The molecule has 1 atom stereocenters. The van der Waals surface area contributed by atoms with Crippen LogP contribution in [0.3, 0.4) is 0 Å². The van der Waals surface area contributed by atoms with E-state index in [4.69, 9.17) is 15.0 Å². The minimum atomic E-state index is -0.354. The smallest absolute Gasteiger partial charge is 0.255 e. The van der Waals surface area contributed by atoms with Crippen molar-refractivity contribution >= 4 is 12.4 Å². The monoisotopic (exact) mass is 301 g/mol. The Hall–Kier alpha value is -0.650. The molecular weight excluding hydrogens is 278 g/mol. The summed E-state index contributed by atoms with van der Waals surface area (Å²) in [5.41, 5.74) is 5.86. The van der Waals surface area contributed by atoms with E-state index in [0.29, 0.717) is 17.8 Å². The van der Waals surface area contributed by atoms with Gasteiger partial charge in [0, 0.05) is 0 Å². The van der Waals surface area contributed by atoms with Crippen LogP contribution >= 0.6 is 12.4 Å². The summed E-state index contributed by atoms with van der Waals surface area (Å²) in [5, 5.41) is 4.06. The second-order valence-corrected chi connectivity index (χ2v) is 5.91. The van der Waals surface area contributed by atoms with Gasteiger partial charge in [-0.1, -0.05) is 24.9 Å². The van der Waals surface area contributed by atoms with Gasteiger partial charge in [0.05, 0.1) is 11.6 Å². The molecule has 1 aromatic heterocycles. The van der Waals surface area contributed by atoms with Crippen molar-refractivity contribution in [3.05, 3.63) is 11.7 Å². The van der Waals surface area contributed by atoms with Gasteiger partial charge < -0.3 is 15.0 Å². The van der Waals surface area contributed by atoms with E-state index in [1.54, 1.807) is 0 Å². The Morgan fingerprint density at radius 3 is 2.60 bits per heavy atom. The zero-order valence-corrected chi connectivity index (χ0v) is 12.8. The van der Waals surface area contributed by atoms with Crippen LogP contribution in [0.25, 0.3) is 0 Å². The van der Waals surface area contributed by atoms with Crippen LogP contribution in [0.2, 0.25) is 0 Å². The molecule has 1 heterocycles. The first-order valence-electron chi connectivity index (χ1n) is 7.50. The molecule has 2 saturated carbocycles. The van der Waals surface area contributed by atoms with E-state index in [2.05, 4.69) is 17.1 Å². The van der Waals surface area contributed by atoms with Crippen LogP contribution in [0.5, 0.6) is 0 Å². The normalized spacial score (nSPS) is 23.1. The third-order valence-corrected chi connectivity index (χ3v) is 4.44. The molecule has 2 N–H and O–H groups in total. The van der Waals surface area contributed by atoms with Gasteiger partial charge >= 0.3 is 0 Å². The quantitative estimate of drug-likeness (QED) is 0.903. The number of nitrogens with zero attached hydrogens (tertiary/aromatic N) is 2. The molecule has 0 radical (unpaired) electrons. The van der Waals surface area contributed by atoms with Gasteiger partial charge in [-0.3, -0.25) is 0 Å². The molecule has 0 saturated heterocycles. The lowest BCUT2D eigenvalue weighted by atomic mass is 9.77. The Balaban J connectivity index is 0.00000147.